The lowest BCUT2D eigenvalue weighted by Crippen LogP contribution is -2.18. The average Bonchev–Trinajstić information content (AvgIpc) is 2.77. The maximum Gasteiger partial charge on any atom is 0.162 e. The summed E-state index contributed by atoms with van der Waals surface area (Å²) in [7, 11) is 3.48. The van der Waals surface area contributed by atoms with Crippen molar-refractivity contribution in [3.8, 4) is 11.5 Å². The first-order chi connectivity index (χ1) is 9.54. The van der Waals surface area contributed by atoms with Gasteiger partial charge in [-0.2, -0.15) is 5.10 Å². The number of benzene rings is 1. The Bertz CT molecular complexity index is 593. The van der Waals surface area contributed by atoms with Gasteiger partial charge < -0.3 is 15.2 Å². The molecule has 2 aromatic rings. The molecule has 5 nitrogen and oxygen atoms in total. The first-order valence-electron chi connectivity index (χ1n) is 6.61. The summed E-state index contributed by atoms with van der Waals surface area (Å²) in [4.78, 5) is 0. The van der Waals surface area contributed by atoms with Crippen molar-refractivity contribution >= 4 is 0 Å². The summed E-state index contributed by atoms with van der Waals surface area (Å²) in [5.41, 5.74) is 3.12. The fraction of sp³-hybridized carbons (Fsp3) is 0.400. The predicted molar refractivity (Wildman–Crippen MR) is 77.9 cm³/mol. The number of hydrogen-bond acceptors (Lipinski definition) is 4. The summed E-state index contributed by atoms with van der Waals surface area (Å²) in [6, 6.07) is 5.66. The van der Waals surface area contributed by atoms with Gasteiger partial charge in [-0.05, 0) is 19.9 Å². The number of aromatic hydroxyl groups is 1. The molecule has 1 aromatic heterocycles. The molecule has 5 heteroatoms. The highest BCUT2D eigenvalue weighted by atomic mass is 16.5. The van der Waals surface area contributed by atoms with Crippen molar-refractivity contribution in [1.82, 2.24) is 15.1 Å². The summed E-state index contributed by atoms with van der Waals surface area (Å²) < 4.78 is 6.97. The lowest BCUT2D eigenvalue weighted by atomic mass is 10.1. The van der Waals surface area contributed by atoms with Gasteiger partial charge in [0.15, 0.2) is 11.5 Å². The van der Waals surface area contributed by atoms with E-state index in [1.165, 1.54) is 0 Å². The molecule has 0 aliphatic carbocycles. The van der Waals surface area contributed by atoms with Gasteiger partial charge in [-0.3, -0.25) is 4.68 Å². The minimum atomic E-state index is 0.161. The van der Waals surface area contributed by atoms with Crippen LogP contribution in [0.1, 0.15) is 29.8 Å². The molecule has 1 heterocycles. The van der Waals surface area contributed by atoms with Crippen LogP contribution in [0.25, 0.3) is 0 Å². The summed E-state index contributed by atoms with van der Waals surface area (Å²) in [5.74, 6) is 0.687. The number of ether oxygens (including phenoxy) is 1. The molecule has 1 atom stereocenters. The van der Waals surface area contributed by atoms with Gasteiger partial charge >= 0.3 is 0 Å². The van der Waals surface area contributed by atoms with E-state index >= 15 is 0 Å². The predicted octanol–water partition coefficient (Wildman–Crippen LogP) is 2.29. The Morgan fingerprint density at radius 3 is 2.80 bits per heavy atom. The van der Waals surface area contributed by atoms with Crippen LogP contribution in [-0.4, -0.2) is 22.0 Å². The van der Waals surface area contributed by atoms with Crippen molar-refractivity contribution in [3.05, 3.63) is 41.2 Å². The Morgan fingerprint density at radius 1 is 1.45 bits per heavy atom. The summed E-state index contributed by atoms with van der Waals surface area (Å²) in [6.45, 7) is 4.70. The minimum absolute atomic E-state index is 0.161. The smallest absolute Gasteiger partial charge is 0.162 e. The monoisotopic (exact) mass is 275 g/mol. The van der Waals surface area contributed by atoms with E-state index in [-0.39, 0.29) is 11.8 Å². The molecule has 0 saturated carbocycles. The molecule has 1 unspecified atom stereocenters. The van der Waals surface area contributed by atoms with Crippen LogP contribution >= 0.6 is 0 Å². The van der Waals surface area contributed by atoms with Gasteiger partial charge in [0.2, 0.25) is 0 Å². The molecule has 20 heavy (non-hydrogen) atoms. The Balaban J connectivity index is 2.07. The first kappa shape index (κ1) is 14.4. The number of phenols is 1. The van der Waals surface area contributed by atoms with Crippen molar-refractivity contribution in [2.45, 2.75) is 26.4 Å². The molecular weight excluding hydrogens is 254 g/mol. The van der Waals surface area contributed by atoms with Gasteiger partial charge in [-0.1, -0.05) is 12.1 Å². The van der Waals surface area contributed by atoms with Crippen LogP contribution < -0.4 is 10.1 Å². The van der Waals surface area contributed by atoms with Gasteiger partial charge in [0.05, 0.1) is 13.3 Å². The number of methoxy groups -OCH3 is 1. The van der Waals surface area contributed by atoms with Crippen LogP contribution in [0.15, 0.2) is 24.4 Å². The molecule has 0 aliphatic rings. The second-order valence-corrected chi connectivity index (χ2v) is 4.88. The number of hydrogen-bond donors (Lipinski definition) is 2. The minimum Gasteiger partial charge on any atom is -0.504 e. The fourth-order valence-electron chi connectivity index (χ4n) is 2.19. The molecule has 0 amide bonds. The molecule has 0 spiro atoms. The van der Waals surface area contributed by atoms with Crippen LogP contribution in [0, 0.1) is 6.92 Å². The van der Waals surface area contributed by atoms with E-state index in [0.29, 0.717) is 12.3 Å². The number of para-hydroxylation sites is 1. The number of phenolic OH excluding ortho intramolecular Hbond substituents is 1. The topological polar surface area (TPSA) is 59.3 Å². The Labute approximate surface area is 119 Å². The molecule has 0 fully saturated rings. The van der Waals surface area contributed by atoms with Crippen molar-refractivity contribution in [2.75, 3.05) is 7.11 Å². The van der Waals surface area contributed by atoms with Gasteiger partial charge in [-0.15, -0.1) is 0 Å². The second kappa shape index (κ2) is 5.96. The van der Waals surface area contributed by atoms with Crippen molar-refractivity contribution < 1.29 is 9.84 Å². The van der Waals surface area contributed by atoms with Crippen LogP contribution in [0.3, 0.4) is 0 Å². The number of aromatic nitrogens is 2. The second-order valence-electron chi connectivity index (χ2n) is 4.88. The zero-order valence-electron chi connectivity index (χ0n) is 12.3. The molecule has 2 N–H and O–H groups in total. The fourth-order valence-corrected chi connectivity index (χ4v) is 2.19. The average molecular weight is 275 g/mol. The lowest BCUT2D eigenvalue weighted by molar-refractivity contribution is 0.369. The van der Waals surface area contributed by atoms with E-state index in [1.54, 1.807) is 13.2 Å². The molecule has 0 saturated heterocycles. The van der Waals surface area contributed by atoms with Crippen LogP contribution in [0.2, 0.25) is 0 Å². The van der Waals surface area contributed by atoms with Crippen LogP contribution in [0.5, 0.6) is 11.5 Å². The lowest BCUT2D eigenvalue weighted by Gasteiger charge is -2.15. The SMILES string of the molecule is COc1cccc(CNC(C)c2cnn(C)c2C)c1O. The number of nitrogens with zero attached hydrogens (tertiary/aromatic N) is 2. The molecule has 0 bridgehead atoms. The summed E-state index contributed by atoms with van der Waals surface area (Å²) >= 11 is 0. The highest BCUT2D eigenvalue weighted by Crippen LogP contribution is 2.29. The van der Waals surface area contributed by atoms with E-state index in [1.807, 2.05) is 37.0 Å². The maximum absolute atomic E-state index is 10.0. The maximum atomic E-state index is 10.0. The van der Waals surface area contributed by atoms with Gasteiger partial charge in [0.25, 0.3) is 0 Å². The van der Waals surface area contributed by atoms with E-state index in [0.717, 1.165) is 16.8 Å². The van der Waals surface area contributed by atoms with Crippen LogP contribution in [0.4, 0.5) is 0 Å². The Morgan fingerprint density at radius 2 is 2.20 bits per heavy atom. The highest BCUT2D eigenvalue weighted by molar-refractivity contribution is 5.45. The van der Waals surface area contributed by atoms with Crippen molar-refractivity contribution in [3.63, 3.8) is 0 Å². The third-order valence-corrected chi connectivity index (χ3v) is 3.64. The third-order valence-electron chi connectivity index (χ3n) is 3.64. The van der Waals surface area contributed by atoms with Crippen molar-refractivity contribution in [1.29, 1.82) is 0 Å². The molecular formula is C15H21N3O2. The van der Waals surface area contributed by atoms with Crippen molar-refractivity contribution in [2.24, 2.45) is 7.05 Å². The van der Waals surface area contributed by atoms with E-state index in [2.05, 4.69) is 17.3 Å². The standard InChI is InChI=1S/C15H21N3O2/c1-10(13-9-17-18(3)11(13)2)16-8-12-6-5-7-14(20-4)15(12)19/h5-7,9-10,16,19H,8H2,1-4H3. The van der Waals surface area contributed by atoms with Gasteiger partial charge in [0.1, 0.15) is 0 Å². The normalized spacial score (nSPS) is 12.4. The number of aryl methyl sites for hydroxylation is 1. The van der Waals surface area contributed by atoms with Crippen LogP contribution in [-0.2, 0) is 13.6 Å². The highest BCUT2D eigenvalue weighted by Gasteiger charge is 2.13. The Kier molecular flexibility index (Phi) is 4.29. The van der Waals surface area contributed by atoms with Gasteiger partial charge in [-0.25, -0.2) is 0 Å². The summed E-state index contributed by atoms with van der Waals surface area (Å²) in [6.07, 6.45) is 1.87. The first-order valence-corrected chi connectivity index (χ1v) is 6.61. The molecule has 0 radical (unpaired) electrons. The Hall–Kier alpha value is -2.01. The molecule has 1 aromatic carbocycles. The third kappa shape index (κ3) is 2.77. The van der Waals surface area contributed by atoms with E-state index in [9.17, 15) is 5.11 Å². The molecule has 108 valence electrons. The zero-order valence-corrected chi connectivity index (χ0v) is 12.3. The quantitative estimate of drug-likeness (QED) is 0.879. The number of rotatable bonds is 5. The summed E-state index contributed by atoms with van der Waals surface area (Å²) in [5, 5.41) is 17.7. The number of nitrogens with one attached hydrogen (secondary N) is 1. The van der Waals surface area contributed by atoms with E-state index < -0.39 is 0 Å². The molecule has 2 rings (SSSR count). The zero-order chi connectivity index (χ0) is 14.7. The van der Waals surface area contributed by atoms with Gasteiger partial charge in [0, 0.05) is 36.5 Å². The largest absolute Gasteiger partial charge is 0.504 e. The molecule has 0 aliphatic heterocycles. The van der Waals surface area contributed by atoms with E-state index in [4.69, 9.17) is 4.74 Å².